The number of thiophene rings is 1. The van der Waals surface area contributed by atoms with E-state index in [9.17, 15) is 17.6 Å². The molecule has 0 aliphatic carbocycles. The van der Waals surface area contributed by atoms with Crippen molar-refractivity contribution in [2.24, 2.45) is 0 Å². The zero-order valence-electron chi connectivity index (χ0n) is 18.6. The molecule has 0 amide bonds. The predicted molar refractivity (Wildman–Crippen MR) is 127 cm³/mol. The summed E-state index contributed by atoms with van der Waals surface area (Å²) in [4.78, 5) is 10.6. The number of aldehydes is 1. The fourth-order valence-electron chi connectivity index (χ4n) is 3.65. The monoisotopic (exact) mass is 477 g/mol. The van der Waals surface area contributed by atoms with E-state index in [0.717, 1.165) is 22.1 Å². The Morgan fingerprint density at radius 2 is 1.91 bits per heavy atom. The van der Waals surface area contributed by atoms with Gasteiger partial charge in [-0.2, -0.15) is 4.31 Å². The van der Waals surface area contributed by atoms with Crippen LogP contribution >= 0.6 is 11.3 Å². The van der Waals surface area contributed by atoms with Crippen LogP contribution in [0.15, 0.2) is 40.6 Å². The van der Waals surface area contributed by atoms with Crippen LogP contribution in [0.2, 0.25) is 0 Å². The number of rotatable bonds is 11. The fraction of sp³-hybridized carbons (Fsp3) is 0.375. The number of carbonyl (C=O) groups is 1. The lowest BCUT2D eigenvalue weighted by Gasteiger charge is -2.21. The van der Waals surface area contributed by atoms with Crippen LogP contribution in [-0.4, -0.2) is 38.7 Å². The third-order valence-electron chi connectivity index (χ3n) is 5.36. The highest BCUT2D eigenvalue weighted by Crippen LogP contribution is 2.36. The Kier molecular flexibility index (Phi) is 8.03. The zero-order valence-corrected chi connectivity index (χ0v) is 20.2. The summed E-state index contributed by atoms with van der Waals surface area (Å²) in [5.41, 5.74) is 2.71. The average molecular weight is 478 g/mol. The molecule has 0 N–H and O–H groups in total. The molecule has 8 heteroatoms. The molecule has 32 heavy (non-hydrogen) atoms. The molecule has 0 bridgehead atoms. The van der Waals surface area contributed by atoms with E-state index in [4.69, 9.17) is 4.74 Å². The van der Waals surface area contributed by atoms with E-state index >= 15 is 0 Å². The molecule has 0 saturated carbocycles. The van der Waals surface area contributed by atoms with Gasteiger partial charge in [0.25, 0.3) is 10.0 Å². The van der Waals surface area contributed by atoms with Gasteiger partial charge in [0.15, 0.2) is 0 Å². The van der Waals surface area contributed by atoms with E-state index in [1.165, 1.54) is 27.8 Å². The average Bonchev–Trinajstić information content (AvgIpc) is 3.09. The third kappa shape index (κ3) is 5.36. The molecule has 0 unspecified atom stereocenters. The number of fused-ring (bicyclic) bond motifs is 1. The van der Waals surface area contributed by atoms with Crippen LogP contribution in [0.4, 0.5) is 4.39 Å². The van der Waals surface area contributed by atoms with E-state index in [1.54, 1.807) is 13.0 Å². The van der Waals surface area contributed by atoms with Gasteiger partial charge in [-0.25, -0.2) is 12.8 Å². The highest BCUT2D eigenvalue weighted by Gasteiger charge is 2.28. The van der Waals surface area contributed by atoms with Gasteiger partial charge in [0.2, 0.25) is 0 Å². The van der Waals surface area contributed by atoms with E-state index < -0.39 is 10.0 Å². The van der Waals surface area contributed by atoms with Gasteiger partial charge in [-0.15, -0.1) is 11.3 Å². The number of hydrogen-bond acceptors (Lipinski definition) is 5. The molecular formula is C24H28FNO4S2. The molecule has 3 aromatic rings. The molecule has 0 atom stereocenters. The summed E-state index contributed by atoms with van der Waals surface area (Å²) in [5, 5.41) is 0.631. The number of ether oxygens (including phenoxy) is 1. The number of aryl methyl sites for hydroxylation is 3. The molecule has 1 heterocycles. The van der Waals surface area contributed by atoms with Gasteiger partial charge < -0.3 is 9.53 Å². The lowest BCUT2D eigenvalue weighted by molar-refractivity contribution is -0.107. The van der Waals surface area contributed by atoms with Crippen molar-refractivity contribution in [3.63, 3.8) is 0 Å². The van der Waals surface area contributed by atoms with Crippen LogP contribution in [0.1, 0.15) is 36.5 Å². The van der Waals surface area contributed by atoms with Crippen molar-refractivity contribution < 1.29 is 22.3 Å². The molecule has 2 aromatic carbocycles. The van der Waals surface area contributed by atoms with Gasteiger partial charge in [-0.3, -0.25) is 0 Å². The number of hydrogen-bond donors (Lipinski definition) is 0. The smallest absolute Gasteiger partial charge is 0.252 e. The molecule has 0 fully saturated rings. The van der Waals surface area contributed by atoms with Crippen molar-refractivity contribution in [2.75, 3.05) is 19.7 Å². The Labute approximate surface area is 192 Å². The summed E-state index contributed by atoms with van der Waals surface area (Å²) in [7, 11) is -3.73. The maximum absolute atomic E-state index is 13.7. The molecule has 1 aromatic heterocycles. The van der Waals surface area contributed by atoms with Gasteiger partial charge in [-0.1, -0.05) is 13.0 Å². The summed E-state index contributed by atoms with van der Waals surface area (Å²) in [6.45, 7) is 6.42. The molecule has 0 saturated heterocycles. The van der Waals surface area contributed by atoms with Gasteiger partial charge in [0.05, 0.1) is 0 Å². The van der Waals surface area contributed by atoms with Crippen molar-refractivity contribution >= 4 is 37.7 Å². The second kappa shape index (κ2) is 10.6. The van der Waals surface area contributed by atoms with E-state index in [2.05, 4.69) is 0 Å². The van der Waals surface area contributed by atoms with Crippen LogP contribution in [0.25, 0.3) is 10.1 Å². The first-order chi connectivity index (χ1) is 15.3. The number of sulfonamides is 1. The molecule has 3 rings (SSSR count). The summed E-state index contributed by atoms with van der Waals surface area (Å²) in [5.74, 6) is 0.286. The van der Waals surface area contributed by atoms with Crippen molar-refractivity contribution in [1.82, 2.24) is 4.31 Å². The molecule has 0 spiro atoms. The first-order valence-corrected chi connectivity index (χ1v) is 12.9. The lowest BCUT2D eigenvalue weighted by atomic mass is 10.0. The van der Waals surface area contributed by atoms with Gasteiger partial charge in [-0.05, 0) is 79.1 Å². The highest BCUT2D eigenvalue weighted by atomic mass is 32.2. The maximum atomic E-state index is 13.7. The molecule has 0 aliphatic rings. The maximum Gasteiger partial charge on any atom is 0.252 e. The number of halogens is 1. The van der Waals surface area contributed by atoms with E-state index in [-0.39, 0.29) is 23.2 Å². The van der Waals surface area contributed by atoms with Gasteiger partial charge in [0, 0.05) is 24.2 Å². The second-order valence-electron chi connectivity index (χ2n) is 7.70. The number of nitrogens with zero attached hydrogens (tertiary/aromatic N) is 1. The van der Waals surface area contributed by atoms with E-state index in [1.807, 2.05) is 32.0 Å². The van der Waals surface area contributed by atoms with Crippen LogP contribution < -0.4 is 4.74 Å². The zero-order chi connectivity index (χ0) is 23.3. The van der Waals surface area contributed by atoms with Gasteiger partial charge in [0.1, 0.15) is 28.7 Å². The summed E-state index contributed by atoms with van der Waals surface area (Å²) < 4.78 is 48.7. The normalized spacial score (nSPS) is 11.9. The largest absolute Gasteiger partial charge is 0.492 e. The van der Waals surface area contributed by atoms with Crippen molar-refractivity contribution in [3.8, 4) is 5.75 Å². The highest BCUT2D eigenvalue weighted by molar-refractivity contribution is 7.91. The lowest BCUT2D eigenvalue weighted by Crippen LogP contribution is -2.35. The Bertz CT molecular complexity index is 1200. The Morgan fingerprint density at radius 3 is 2.59 bits per heavy atom. The molecular weight excluding hydrogens is 449 g/mol. The topological polar surface area (TPSA) is 63.7 Å². The standard InChI is InChI=1S/C24H28FNO4S2/c1-4-11-26(12-14-30-21-9-7-19(6-5-13-27)17(2)15-21)32(28,29)24-18(3)22-16-20(25)8-10-23(22)31-24/h7-10,13,15-16H,4-6,11-12,14H2,1-3H3. The van der Waals surface area contributed by atoms with Crippen molar-refractivity contribution in [3.05, 3.63) is 58.9 Å². The molecule has 5 nitrogen and oxygen atoms in total. The fourth-order valence-corrected chi connectivity index (χ4v) is 7.05. The van der Waals surface area contributed by atoms with Crippen LogP contribution in [0, 0.1) is 19.7 Å². The SMILES string of the molecule is CCCN(CCOc1ccc(CCC=O)c(C)c1)S(=O)(=O)c1sc2ccc(F)cc2c1C. The minimum atomic E-state index is -3.73. The molecule has 172 valence electrons. The summed E-state index contributed by atoms with van der Waals surface area (Å²) >= 11 is 1.17. The van der Waals surface area contributed by atoms with Gasteiger partial charge >= 0.3 is 0 Å². The first-order valence-electron chi connectivity index (χ1n) is 10.6. The summed E-state index contributed by atoms with van der Waals surface area (Å²) in [6.07, 6.45) is 2.74. The van der Waals surface area contributed by atoms with E-state index in [0.29, 0.717) is 42.5 Å². The predicted octanol–water partition coefficient (Wildman–Crippen LogP) is 5.27. The van der Waals surface area contributed by atoms with Crippen molar-refractivity contribution in [1.29, 1.82) is 0 Å². The van der Waals surface area contributed by atoms with Crippen molar-refractivity contribution in [2.45, 2.75) is 44.2 Å². The summed E-state index contributed by atoms with van der Waals surface area (Å²) in [6, 6.07) is 10.0. The quantitative estimate of drug-likeness (QED) is 0.353. The van der Waals surface area contributed by atoms with Crippen LogP contribution in [-0.2, 0) is 21.2 Å². The van der Waals surface area contributed by atoms with Crippen LogP contribution in [0.5, 0.6) is 5.75 Å². The van der Waals surface area contributed by atoms with Crippen LogP contribution in [0.3, 0.4) is 0 Å². The minimum Gasteiger partial charge on any atom is -0.492 e. The third-order valence-corrected chi connectivity index (χ3v) is 9.13. The molecule has 0 aliphatic heterocycles. The number of carbonyl (C=O) groups excluding carboxylic acids is 1. The Hall–Kier alpha value is -2.29. The second-order valence-corrected chi connectivity index (χ2v) is 10.9. The number of benzene rings is 2. The Balaban J connectivity index is 1.74. The first kappa shape index (κ1) is 24.4. The molecule has 0 radical (unpaired) electrons. The Morgan fingerprint density at radius 1 is 1.12 bits per heavy atom. The minimum absolute atomic E-state index is 0.212.